The molecule has 1 heterocycles. The van der Waals surface area contributed by atoms with Gasteiger partial charge < -0.3 is 10.4 Å². The first-order chi connectivity index (χ1) is 10.1. The van der Waals surface area contributed by atoms with E-state index in [0.29, 0.717) is 23.9 Å². The highest BCUT2D eigenvalue weighted by Crippen LogP contribution is 2.16. The monoisotopic (exact) mass is 284 g/mol. The number of carbonyl (C=O) groups is 2. The summed E-state index contributed by atoms with van der Waals surface area (Å²) in [5.74, 6) is -1.49. The first-order valence-corrected chi connectivity index (χ1v) is 6.62. The molecule has 0 saturated heterocycles. The molecule has 21 heavy (non-hydrogen) atoms. The number of nitrogens with one attached hydrogen (secondary N) is 1. The first-order valence-electron chi connectivity index (χ1n) is 6.62. The molecule has 0 aliphatic carbocycles. The molecule has 0 bridgehead atoms. The Morgan fingerprint density at radius 3 is 2.81 bits per heavy atom. The summed E-state index contributed by atoms with van der Waals surface area (Å²) in [5, 5.41) is 12.5. The van der Waals surface area contributed by atoms with Gasteiger partial charge in [-0.25, -0.2) is 4.79 Å². The number of nitrogens with zero attached hydrogens (tertiary/aromatic N) is 1. The summed E-state index contributed by atoms with van der Waals surface area (Å²) in [5.41, 5.74) is 0.934. The number of carboxylic acid groups (broad SMARTS) is 1. The fraction of sp³-hybridized carbons (Fsp3) is 0.188. The Labute approximate surface area is 122 Å². The molecule has 1 aromatic heterocycles. The molecule has 2 N–H and O–H groups in total. The van der Waals surface area contributed by atoms with Crippen LogP contribution in [-0.4, -0.2) is 28.0 Å². The Bertz CT molecular complexity index is 677. The number of fused-ring (bicyclic) bond motifs is 1. The van der Waals surface area contributed by atoms with E-state index in [2.05, 4.69) is 16.9 Å². The van der Waals surface area contributed by atoms with Gasteiger partial charge in [0.15, 0.2) is 0 Å². The summed E-state index contributed by atoms with van der Waals surface area (Å²) in [7, 11) is 0. The van der Waals surface area contributed by atoms with Gasteiger partial charge in [-0.15, -0.1) is 6.58 Å². The fourth-order valence-electron chi connectivity index (χ4n) is 2.07. The quantitative estimate of drug-likeness (QED) is 0.798. The third kappa shape index (κ3) is 3.45. The molecule has 0 aliphatic heterocycles. The molecule has 1 amide bonds. The third-order valence-corrected chi connectivity index (χ3v) is 3.14. The van der Waals surface area contributed by atoms with E-state index < -0.39 is 17.9 Å². The van der Waals surface area contributed by atoms with Crippen LogP contribution in [-0.2, 0) is 4.79 Å². The second-order valence-corrected chi connectivity index (χ2v) is 4.61. The van der Waals surface area contributed by atoms with Crippen LogP contribution < -0.4 is 5.32 Å². The highest BCUT2D eigenvalue weighted by atomic mass is 16.4. The lowest BCUT2D eigenvalue weighted by Crippen LogP contribution is -2.40. The number of amides is 1. The predicted molar refractivity (Wildman–Crippen MR) is 80.1 cm³/mol. The lowest BCUT2D eigenvalue weighted by molar-refractivity contribution is -0.139. The van der Waals surface area contributed by atoms with Gasteiger partial charge in [-0.2, -0.15) is 0 Å². The van der Waals surface area contributed by atoms with Crippen LogP contribution in [0, 0.1) is 0 Å². The van der Waals surface area contributed by atoms with Gasteiger partial charge in [-0.3, -0.25) is 9.78 Å². The number of hydrogen-bond donors (Lipinski definition) is 2. The highest BCUT2D eigenvalue weighted by molar-refractivity contribution is 6.06. The summed E-state index contributed by atoms with van der Waals surface area (Å²) in [4.78, 5) is 27.7. The number of pyridine rings is 1. The first kappa shape index (κ1) is 14.7. The zero-order valence-corrected chi connectivity index (χ0v) is 11.5. The molecule has 5 nitrogen and oxygen atoms in total. The van der Waals surface area contributed by atoms with Crippen LogP contribution in [0.15, 0.2) is 49.2 Å². The van der Waals surface area contributed by atoms with E-state index in [1.807, 2.05) is 12.1 Å². The van der Waals surface area contributed by atoms with Crippen molar-refractivity contribution in [3.05, 3.63) is 54.7 Å². The van der Waals surface area contributed by atoms with Crippen molar-refractivity contribution in [3.8, 4) is 0 Å². The number of aliphatic carboxylic acids is 1. The molecule has 1 atom stereocenters. The smallest absolute Gasteiger partial charge is 0.326 e. The zero-order chi connectivity index (χ0) is 15.2. The standard InChI is InChI=1S/C16H16N2O3/c1-2-3-9-13(16(20)21)18-15(19)12-8-4-6-11-7-5-10-17-14(11)12/h2,4-8,10,13H,1,3,9H2,(H,18,19)(H,20,21)/t13-/m0/s1. The summed E-state index contributed by atoms with van der Waals surface area (Å²) < 4.78 is 0. The minimum Gasteiger partial charge on any atom is -0.480 e. The highest BCUT2D eigenvalue weighted by Gasteiger charge is 2.21. The van der Waals surface area contributed by atoms with Crippen molar-refractivity contribution in [2.45, 2.75) is 18.9 Å². The average Bonchev–Trinajstić information content (AvgIpc) is 2.50. The SMILES string of the molecule is C=CCC[C@H](NC(=O)c1cccc2cccnc12)C(=O)O. The van der Waals surface area contributed by atoms with Crippen molar-refractivity contribution in [2.75, 3.05) is 0 Å². The number of benzene rings is 1. The van der Waals surface area contributed by atoms with Gasteiger partial charge in [0, 0.05) is 11.6 Å². The number of carboxylic acids is 1. The maximum atomic E-state index is 12.3. The molecule has 108 valence electrons. The number of allylic oxidation sites excluding steroid dienone is 1. The number of hydrogen-bond acceptors (Lipinski definition) is 3. The maximum Gasteiger partial charge on any atom is 0.326 e. The molecule has 0 radical (unpaired) electrons. The second kappa shape index (κ2) is 6.65. The lowest BCUT2D eigenvalue weighted by Gasteiger charge is -2.14. The van der Waals surface area contributed by atoms with Crippen LogP contribution in [0.1, 0.15) is 23.2 Å². The molecule has 5 heteroatoms. The van der Waals surface area contributed by atoms with Gasteiger partial charge in [0.2, 0.25) is 0 Å². The Morgan fingerprint density at radius 2 is 2.10 bits per heavy atom. The Kier molecular flexibility index (Phi) is 4.66. The molecule has 0 saturated carbocycles. The van der Waals surface area contributed by atoms with Gasteiger partial charge in [-0.1, -0.05) is 24.3 Å². The average molecular weight is 284 g/mol. The lowest BCUT2D eigenvalue weighted by atomic mass is 10.1. The predicted octanol–water partition coefficient (Wildman–Crippen LogP) is 2.38. The Morgan fingerprint density at radius 1 is 1.33 bits per heavy atom. The van der Waals surface area contributed by atoms with Crippen LogP contribution in [0.3, 0.4) is 0 Å². The van der Waals surface area contributed by atoms with Gasteiger partial charge >= 0.3 is 5.97 Å². The van der Waals surface area contributed by atoms with E-state index in [4.69, 9.17) is 5.11 Å². The van der Waals surface area contributed by atoms with Gasteiger partial charge in [0.1, 0.15) is 6.04 Å². The van der Waals surface area contributed by atoms with Crippen molar-refractivity contribution >= 4 is 22.8 Å². The van der Waals surface area contributed by atoms with E-state index >= 15 is 0 Å². The van der Waals surface area contributed by atoms with Crippen molar-refractivity contribution < 1.29 is 14.7 Å². The van der Waals surface area contributed by atoms with Crippen molar-refractivity contribution in [1.29, 1.82) is 0 Å². The van der Waals surface area contributed by atoms with E-state index in [-0.39, 0.29) is 0 Å². The fourth-order valence-corrected chi connectivity index (χ4v) is 2.07. The van der Waals surface area contributed by atoms with E-state index in [1.165, 1.54) is 0 Å². The largest absolute Gasteiger partial charge is 0.480 e. The Hall–Kier alpha value is -2.69. The number of para-hydroxylation sites is 1. The van der Waals surface area contributed by atoms with Crippen LogP contribution in [0.4, 0.5) is 0 Å². The second-order valence-electron chi connectivity index (χ2n) is 4.61. The molecule has 0 fully saturated rings. The Balaban J connectivity index is 2.25. The van der Waals surface area contributed by atoms with Crippen molar-refractivity contribution in [3.63, 3.8) is 0 Å². The minimum absolute atomic E-state index is 0.308. The molecule has 2 aromatic rings. The third-order valence-electron chi connectivity index (χ3n) is 3.14. The summed E-state index contributed by atoms with van der Waals surface area (Å²) in [6, 6.07) is 7.94. The molecule has 0 spiro atoms. The molecule has 0 unspecified atom stereocenters. The molecule has 1 aromatic carbocycles. The van der Waals surface area contributed by atoms with Crippen molar-refractivity contribution in [2.24, 2.45) is 0 Å². The minimum atomic E-state index is -1.06. The van der Waals surface area contributed by atoms with Crippen LogP contribution in [0.25, 0.3) is 10.9 Å². The summed E-state index contributed by atoms with van der Waals surface area (Å²) in [6.45, 7) is 3.55. The van der Waals surface area contributed by atoms with Crippen LogP contribution >= 0.6 is 0 Å². The number of carbonyl (C=O) groups excluding carboxylic acids is 1. The summed E-state index contributed by atoms with van der Waals surface area (Å²) >= 11 is 0. The molecular weight excluding hydrogens is 268 g/mol. The van der Waals surface area contributed by atoms with Gasteiger partial charge in [-0.05, 0) is 25.0 Å². The molecule has 2 rings (SSSR count). The summed E-state index contributed by atoms with van der Waals surface area (Å²) in [6.07, 6.45) is 4.06. The van der Waals surface area contributed by atoms with E-state index in [1.54, 1.807) is 30.5 Å². The maximum absolute atomic E-state index is 12.3. The molecular formula is C16H16N2O3. The van der Waals surface area contributed by atoms with Crippen LogP contribution in [0.2, 0.25) is 0 Å². The molecule has 0 aliphatic rings. The van der Waals surface area contributed by atoms with Gasteiger partial charge in [0.25, 0.3) is 5.91 Å². The van der Waals surface area contributed by atoms with Crippen molar-refractivity contribution in [1.82, 2.24) is 10.3 Å². The van der Waals surface area contributed by atoms with E-state index in [0.717, 1.165) is 5.39 Å². The van der Waals surface area contributed by atoms with E-state index in [9.17, 15) is 9.59 Å². The zero-order valence-electron chi connectivity index (χ0n) is 11.5. The van der Waals surface area contributed by atoms with Gasteiger partial charge in [0.05, 0.1) is 11.1 Å². The normalized spacial score (nSPS) is 11.8. The number of aromatic nitrogens is 1. The topological polar surface area (TPSA) is 79.3 Å². The van der Waals surface area contributed by atoms with Crippen LogP contribution in [0.5, 0.6) is 0 Å². The number of rotatable bonds is 6.